The van der Waals surface area contributed by atoms with Gasteiger partial charge in [0.05, 0.1) is 0 Å². The van der Waals surface area contributed by atoms with Crippen LogP contribution in [0.4, 0.5) is 13.2 Å². The molecule has 0 spiro atoms. The predicted molar refractivity (Wildman–Crippen MR) is 76.0 cm³/mol. The SMILES string of the molecule is CNC(C)c1ccccc1-c1ccccc1OC(F)(F)F. The van der Waals surface area contributed by atoms with Crippen molar-refractivity contribution in [3.05, 3.63) is 54.1 Å². The Bertz CT molecular complexity index is 610. The molecule has 0 saturated carbocycles. The summed E-state index contributed by atoms with van der Waals surface area (Å²) in [6.45, 7) is 1.95. The largest absolute Gasteiger partial charge is 0.573 e. The summed E-state index contributed by atoms with van der Waals surface area (Å²) in [5.74, 6) is -0.194. The minimum Gasteiger partial charge on any atom is -0.405 e. The van der Waals surface area contributed by atoms with Gasteiger partial charge in [0, 0.05) is 11.6 Å². The van der Waals surface area contributed by atoms with Crippen molar-refractivity contribution in [2.24, 2.45) is 0 Å². The predicted octanol–water partition coefficient (Wildman–Crippen LogP) is 4.53. The monoisotopic (exact) mass is 295 g/mol. The van der Waals surface area contributed by atoms with Crippen molar-refractivity contribution in [1.82, 2.24) is 5.32 Å². The fourth-order valence-electron chi connectivity index (χ4n) is 2.18. The molecule has 0 aromatic heterocycles. The maximum absolute atomic E-state index is 12.5. The van der Waals surface area contributed by atoms with Gasteiger partial charge in [-0.15, -0.1) is 13.2 Å². The molecular formula is C16H16F3NO. The van der Waals surface area contributed by atoms with Gasteiger partial charge in [0.1, 0.15) is 5.75 Å². The van der Waals surface area contributed by atoms with Crippen LogP contribution in [-0.2, 0) is 0 Å². The second-order valence-electron chi connectivity index (χ2n) is 4.64. The first-order chi connectivity index (χ1) is 9.92. The van der Waals surface area contributed by atoms with Crippen LogP contribution in [0.25, 0.3) is 11.1 Å². The minimum atomic E-state index is -4.71. The van der Waals surface area contributed by atoms with Crippen LogP contribution in [-0.4, -0.2) is 13.4 Å². The summed E-state index contributed by atoms with van der Waals surface area (Å²) in [5.41, 5.74) is 2.06. The molecule has 1 N–H and O–H groups in total. The second-order valence-corrected chi connectivity index (χ2v) is 4.64. The van der Waals surface area contributed by atoms with Gasteiger partial charge in [-0.05, 0) is 31.2 Å². The fraction of sp³-hybridized carbons (Fsp3) is 0.250. The average Bonchev–Trinajstić information content (AvgIpc) is 2.45. The quantitative estimate of drug-likeness (QED) is 0.894. The molecule has 0 aliphatic carbocycles. The van der Waals surface area contributed by atoms with Crippen LogP contribution in [0.1, 0.15) is 18.5 Å². The molecule has 0 amide bonds. The molecule has 21 heavy (non-hydrogen) atoms. The number of nitrogens with one attached hydrogen (secondary N) is 1. The number of hydrogen-bond donors (Lipinski definition) is 1. The van der Waals surface area contributed by atoms with Gasteiger partial charge in [0.25, 0.3) is 0 Å². The lowest BCUT2D eigenvalue weighted by Gasteiger charge is -2.18. The number of para-hydroxylation sites is 1. The molecule has 2 aromatic carbocycles. The molecule has 5 heteroatoms. The Balaban J connectivity index is 2.53. The summed E-state index contributed by atoms with van der Waals surface area (Å²) in [5, 5.41) is 3.10. The molecular weight excluding hydrogens is 279 g/mol. The van der Waals surface area contributed by atoms with Crippen molar-refractivity contribution in [2.45, 2.75) is 19.3 Å². The standard InChI is InChI=1S/C16H16F3NO/c1-11(20-2)12-7-3-4-8-13(12)14-9-5-6-10-15(14)21-16(17,18)19/h3-11,20H,1-2H3. The third-order valence-corrected chi connectivity index (χ3v) is 3.26. The van der Waals surface area contributed by atoms with Crippen molar-refractivity contribution in [1.29, 1.82) is 0 Å². The maximum Gasteiger partial charge on any atom is 0.573 e. The Kier molecular flexibility index (Phi) is 4.53. The smallest absolute Gasteiger partial charge is 0.405 e. The molecule has 0 aliphatic heterocycles. The molecule has 1 unspecified atom stereocenters. The van der Waals surface area contributed by atoms with E-state index < -0.39 is 6.36 Å². The number of rotatable bonds is 4. The molecule has 0 heterocycles. The van der Waals surface area contributed by atoms with E-state index in [9.17, 15) is 13.2 Å². The Labute approximate surface area is 121 Å². The van der Waals surface area contributed by atoms with Crippen LogP contribution in [0.15, 0.2) is 48.5 Å². The first kappa shape index (κ1) is 15.4. The van der Waals surface area contributed by atoms with Gasteiger partial charge in [-0.25, -0.2) is 0 Å². The minimum absolute atomic E-state index is 0.0140. The lowest BCUT2D eigenvalue weighted by Crippen LogP contribution is -2.18. The topological polar surface area (TPSA) is 21.3 Å². The molecule has 0 radical (unpaired) electrons. The van der Waals surface area contributed by atoms with Crippen molar-refractivity contribution in [3.63, 3.8) is 0 Å². The summed E-state index contributed by atoms with van der Waals surface area (Å²) in [6, 6.07) is 13.5. The zero-order valence-electron chi connectivity index (χ0n) is 11.7. The number of ether oxygens (including phenoxy) is 1. The first-order valence-corrected chi connectivity index (χ1v) is 6.53. The molecule has 0 bridgehead atoms. The zero-order valence-corrected chi connectivity index (χ0v) is 11.7. The van der Waals surface area contributed by atoms with Gasteiger partial charge in [-0.1, -0.05) is 42.5 Å². The second kappa shape index (κ2) is 6.18. The van der Waals surface area contributed by atoms with Crippen molar-refractivity contribution < 1.29 is 17.9 Å². The molecule has 1 atom stereocenters. The van der Waals surface area contributed by atoms with Crippen molar-refractivity contribution in [3.8, 4) is 16.9 Å². The molecule has 0 fully saturated rings. The van der Waals surface area contributed by atoms with Crippen LogP contribution >= 0.6 is 0 Å². The molecule has 2 aromatic rings. The molecule has 112 valence electrons. The Hall–Kier alpha value is -2.01. The van der Waals surface area contributed by atoms with E-state index >= 15 is 0 Å². The average molecular weight is 295 g/mol. The van der Waals surface area contributed by atoms with Gasteiger partial charge in [-0.2, -0.15) is 0 Å². The van der Waals surface area contributed by atoms with E-state index in [1.165, 1.54) is 12.1 Å². The Morgan fingerprint density at radius 1 is 0.952 bits per heavy atom. The highest BCUT2D eigenvalue weighted by atomic mass is 19.4. The van der Waals surface area contributed by atoms with Gasteiger partial charge < -0.3 is 10.1 Å². The molecule has 2 rings (SSSR count). The van der Waals surface area contributed by atoms with Crippen LogP contribution < -0.4 is 10.1 Å². The lowest BCUT2D eigenvalue weighted by molar-refractivity contribution is -0.274. The van der Waals surface area contributed by atoms with E-state index in [-0.39, 0.29) is 11.8 Å². The summed E-state index contributed by atoms with van der Waals surface area (Å²) in [4.78, 5) is 0. The number of halogens is 3. The van der Waals surface area contributed by atoms with Crippen LogP contribution in [0, 0.1) is 0 Å². The highest BCUT2D eigenvalue weighted by Gasteiger charge is 2.32. The van der Waals surface area contributed by atoms with Crippen molar-refractivity contribution >= 4 is 0 Å². The molecule has 2 nitrogen and oxygen atoms in total. The van der Waals surface area contributed by atoms with E-state index in [4.69, 9.17) is 0 Å². The summed E-state index contributed by atoms with van der Waals surface area (Å²) in [6.07, 6.45) is -4.71. The van der Waals surface area contributed by atoms with E-state index in [0.717, 1.165) is 11.1 Å². The van der Waals surface area contributed by atoms with E-state index in [2.05, 4.69) is 10.1 Å². The normalized spacial score (nSPS) is 13.0. The van der Waals surface area contributed by atoms with Crippen LogP contribution in [0.2, 0.25) is 0 Å². The maximum atomic E-state index is 12.5. The molecule has 0 saturated heterocycles. The highest BCUT2D eigenvalue weighted by Crippen LogP contribution is 2.36. The third-order valence-electron chi connectivity index (χ3n) is 3.26. The number of hydrogen-bond acceptors (Lipinski definition) is 2. The van der Waals surface area contributed by atoms with Crippen molar-refractivity contribution in [2.75, 3.05) is 7.05 Å². The van der Waals surface area contributed by atoms with Gasteiger partial charge >= 0.3 is 6.36 Å². The first-order valence-electron chi connectivity index (χ1n) is 6.53. The Morgan fingerprint density at radius 3 is 2.14 bits per heavy atom. The summed E-state index contributed by atoms with van der Waals surface area (Å²) >= 11 is 0. The third kappa shape index (κ3) is 3.76. The number of benzene rings is 2. The van der Waals surface area contributed by atoms with Gasteiger partial charge in [0.2, 0.25) is 0 Å². The number of alkyl halides is 3. The summed E-state index contributed by atoms with van der Waals surface area (Å²) < 4.78 is 41.7. The van der Waals surface area contributed by atoms with E-state index in [1.54, 1.807) is 31.3 Å². The van der Waals surface area contributed by atoms with Gasteiger partial charge in [0.15, 0.2) is 0 Å². The molecule has 0 aliphatic rings. The zero-order chi connectivity index (χ0) is 15.5. The van der Waals surface area contributed by atoms with E-state index in [1.807, 2.05) is 19.1 Å². The van der Waals surface area contributed by atoms with Crippen LogP contribution in [0.5, 0.6) is 5.75 Å². The van der Waals surface area contributed by atoms with Crippen LogP contribution in [0.3, 0.4) is 0 Å². The Morgan fingerprint density at radius 2 is 1.52 bits per heavy atom. The lowest BCUT2D eigenvalue weighted by atomic mass is 9.95. The van der Waals surface area contributed by atoms with E-state index in [0.29, 0.717) is 5.56 Å². The fourth-order valence-corrected chi connectivity index (χ4v) is 2.18. The highest BCUT2D eigenvalue weighted by molar-refractivity contribution is 5.73. The summed E-state index contributed by atoms with van der Waals surface area (Å²) in [7, 11) is 1.81. The van der Waals surface area contributed by atoms with Gasteiger partial charge in [-0.3, -0.25) is 0 Å².